The molecule has 2 aliphatic rings. The molecule has 0 aromatic rings. The highest BCUT2D eigenvalue weighted by atomic mass is 16.2. The van der Waals surface area contributed by atoms with Crippen LogP contribution in [0.3, 0.4) is 0 Å². The lowest BCUT2D eigenvalue weighted by Crippen LogP contribution is -2.49. The summed E-state index contributed by atoms with van der Waals surface area (Å²) >= 11 is 0. The molecule has 0 bridgehead atoms. The van der Waals surface area contributed by atoms with Crippen LogP contribution in [0.1, 0.15) is 59.3 Å². The molecule has 4 heteroatoms. The van der Waals surface area contributed by atoms with Crippen LogP contribution in [0.15, 0.2) is 0 Å². The number of nitrogens with one attached hydrogen (secondary N) is 2. The minimum absolute atomic E-state index is 0.209. The first-order valence-electron chi connectivity index (χ1n) is 8.83. The summed E-state index contributed by atoms with van der Waals surface area (Å²) in [4.78, 5) is 14.7. The molecule has 21 heavy (non-hydrogen) atoms. The fourth-order valence-electron chi connectivity index (χ4n) is 3.62. The van der Waals surface area contributed by atoms with Crippen LogP contribution in [0.2, 0.25) is 0 Å². The monoisotopic (exact) mass is 295 g/mol. The van der Waals surface area contributed by atoms with Gasteiger partial charge in [0.2, 0.25) is 5.91 Å². The number of hydrogen-bond acceptors (Lipinski definition) is 3. The summed E-state index contributed by atoms with van der Waals surface area (Å²) in [6.07, 6.45) is 7.49. The second-order valence-corrected chi connectivity index (χ2v) is 7.25. The van der Waals surface area contributed by atoms with Crippen molar-refractivity contribution in [1.29, 1.82) is 0 Å². The van der Waals surface area contributed by atoms with Crippen LogP contribution in [-0.2, 0) is 4.79 Å². The lowest BCUT2D eigenvalue weighted by molar-refractivity contribution is -0.124. The molecule has 4 nitrogen and oxygen atoms in total. The fraction of sp³-hybridized carbons (Fsp3) is 0.941. The van der Waals surface area contributed by atoms with Gasteiger partial charge in [0.1, 0.15) is 0 Å². The van der Waals surface area contributed by atoms with E-state index in [1.807, 2.05) is 0 Å². The van der Waals surface area contributed by atoms with E-state index < -0.39 is 0 Å². The van der Waals surface area contributed by atoms with E-state index in [2.05, 4.69) is 36.3 Å². The molecule has 0 radical (unpaired) electrons. The predicted molar refractivity (Wildman–Crippen MR) is 87.3 cm³/mol. The predicted octanol–water partition coefficient (Wildman–Crippen LogP) is 2.14. The Morgan fingerprint density at radius 1 is 1.24 bits per heavy atom. The Bertz CT molecular complexity index is 326. The van der Waals surface area contributed by atoms with Gasteiger partial charge in [-0.3, -0.25) is 9.69 Å². The molecule has 122 valence electrons. The fourth-order valence-corrected chi connectivity index (χ4v) is 3.62. The summed E-state index contributed by atoms with van der Waals surface area (Å²) in [5.41, 5.74) is 0. The topological polar surface area (TPSA) is 44.4 Å². The Hall–Kier alpha value is -0.610. The summed E-state index contributed by atoms with van der Waals surface area (Å²) < 4.78 is 0. The van der Waals surface area contributed by atoms with Crippen LogP contribution in [0.25, 0.3) is 0 Å². The summed E-state index contributed by atoms with van der Waals surface area (Å²) in [7, 11) is 0. The molecule has 1 saturated heterocycles. The number of nitrogens with zero attached hydrogens (tertiary/aromatic N) is 1. The number of carbonyl (C=O) groups is 1. The van der Waals surface area contributed by atoms with Gasteiger partial charge in [-0.05, 0) is 52.0 Å². The van der Waals surface area contributed by atoms with Crippen molar-refractivity contribution >= 4 is 5.91 Å². The Morgan fingerprint density at radius 3 is 2.62 bits per heavy atom. The lowest BCUT2D eigenvalue weighted by atomic mass is 9.86. The van der Waals surface area contributed by atoms with Gasteiger partial charge >= 0.3 is 0 Å². The van der Waals surface area contributed by atoms with Gasteiger partial charge in [0.25, 0.3) is 0 Å². The van der Waals surface area contributed by atoms with Gasteiger partial charge in [-0.1, -0.05) is 19.8 Å². The maximum atomic E-state index is 12.4. The van der Waals surface area contributed by atoms with E-state index in [9.17, 15) is 4.79 Å². The van der Waals surface area contributed by atoms with Crippen LogP contribution in [-0.4, -0.2) is 48.6 Å². The maximum Gasteiger partial charge on any atom is 0.234 e. The van der Waals surface area contributed by atoms with Gasteiger partial charge in [-0.15, -0.1) is 0 Å². The molecule has 2 fully saturated rings. The molecule has 2 N–H and O–H groups in total. The largest absolute Gasteiger partial charge is 0.352 e. The molecule has 3 unspecified atom stereocenters. The number of amides is 1. The third-order valence-corrected chi connectivity index (χ3v) is 5.15. The number of hydrogen-bond donors (Lipinski definition) is 2. The van der Waals surface area contributed by atoms with E-state index in [1.165, 1.54) is 32.1 Å². The molecule has 1 aliphatic carbocycles. The van der Waals surface area contributed by atoms with Crippen molar-refractivity contribution in [2.45, 2.75) is 77.4 Å². The highest BCUT2D eigenvalue weighted by Gasteiger charge is 2.25. The highest BCUT2D eigenvalue weighted by molar-refractivity contribution is 5.78. The Balaban J connectivity index is 1.79. The minimum atomic E-state index is 0.209. The molecule has 2 rings (SSSR count). The quantitative estimate of drug-likeness (QED) is 0.789. The first-order valence-corrected chi connectivity index (χ1v) is 8.83. The molecule has 3 atom stereocenters. The molecule has 0 spiro atoms. The zero-order chi connectivity index (χ0) is 15.2. The molecular formula is C17H33N3O. The van der Waals surface area contributed by atoms with E-state index in [-0.39, 0.29) is 5.91 Å². The van der Waals surface area contributed by atoms with Crippen molar-refractivity contribution in [2.75, 3.05) is 19.6 Å². The van der Waals surface area contributed by atoms with E-state index in [0.717, 1.165) is 19.5 Å². The molecule has 0 aromatic heterocycles. The van der Waals surface area contributed by atoms with Gasteiger partial charge in [0, 0.05) is 24.7 Å². The summed E-state index contributed by atoms with van der Waals surface area (Å²) in [5, 5.41) is 6.81. The second-order valence-electron chi connectivity index (χ2n) is 7.25. The van der Waals surface area contributed by atoms with Crippen molar-refractivity contribution in [1.82, 2.24) is 15.5 Å². The zero-order valence-corrected chi connectivity index (χ0v) is 14.0. The summed E-state index contributed by atoms with van der Waals surface area (Å²) in [6.45, 7) is 9.30. The van der Waals surface area contributed by atoms with Crippen molar-refractivity contribution in [3.63, 3.8) is 0 Å². The van der Waals surface area contributed by atoms with Crippen LogP contribution in [0.5, 0.6) is 0 Å². The van der Waals surface area contributed by atoms with Crippen molar-refractivity contribution in [2.24, 2.45) is 5.92 Å². The zero-order valence-electron chi connectivity index (χ0n) is 14.0. The third kappa shape index (κ3) is 5.26. The number of carbonyl (C=O) groups excluding carboxylic acids is 1. The van der Waals surface area contributed by atoms with Crippen LogP contribution in [0.4, 0.5) is 0 Å². The maximum absolute atomic E-state index is 12.4. The minimum Gasteiger partial charge on any atom is -0.352 e. The van der Waals surface area contributed by atoms with Crippen molar-refractivity contribution in [3.05, 3.63) is 0 Å². The average Bonchev–Trinajstić information content (AvgIpc) is 2.93. The Kier molecular flexibility index (Phi) is 6.49. The lowest BCUT2D eigenvalue weighted by Gasteiger charge is -2.32. The first kappa shape index (κ1) is 16.8. The molecule has 0 aromatic carbocycles. The Labute approximate surface area is 130 Å². The van der Waals surface area contributed by atoms with E-state index >= 15 is 0 Å². The third-order valence-electron chi connectivity index (χ3n) is 5.15. The van der Waals surface area contributed by atoms with Crippen LogP contribution in [0, 0.1) is 5.92 Å². The summed E-state index contributed by atoms with van der Waals surface area (Å²) in [6, 6.07) is 1.38. The normalized spacial score (nSPS) is 30.0. The summed E-state index contributed by atoms with van der Waals surface area (Å²) in [5.74, 6) is 0.840. The average molecular weight is 295 g/mol. The van der Waals surface area contributed by atoms with Crippen LogP contribution < -0.4 is 10.6 Å². The van der Waals surface area contributed by atoms with Crippen LogP contribution >= 0.6 is 0 Å². The van der Waals surface area contributed by atoms with Crippen molar-refractivity contribution in [3.8, 4) is 0 Å². The molecule has 1 heterocycles. The van der Waals surface area contributed by atoms with E-state index in [0.29, 0.717) is 30.6 Å². The molecule has 1 saturated carbocycles. The van der Waals surface area contributed by atoms with E-state index in [1.54, 1.807) is 0 Å². The van der Waals surface area contributed by atoms with E-state index in [4.69, 9.17) is 0 Å². The molecular weight excluding hydrogens is 262 g/mol. The second kappa shape index (κ2) is 8.14. The molecule has 1 aliphatic heterocycles. The van der Waals surface area contributed by atoms with Gasteiger partial charge in [0.15, 0.2) is 0 Å². The SMILES string of the molecule is CC1CCCCC1NC(=O)CN(CC1CCCN1)C(C)C. The van der Waals surface area contributed by atoms with Gasteiger partial charge in [-0.2, -0.15) is 0 Å². The van der Waals surface area contributed by atoms with Gasteiger partial charge in [0.05, 0.1) is 6.54 Å². The highest BCUT2D eigenvalue weighted by Crippen LogP contribution is 2.23. The van der Waals surface area contributed by atoms with Gasteiger partial charge < -0.3 is 10.6 Å². The standard InChI is InChI=1S/C17H33N3O/c1-13(2)20(11-15-8-6-10-18-15)12-17(21)19-16-9-5-4-7-14(16)3/h13-16,18H,4-12H2,1-3H3,(H,19,21). The smallest absolute Gasteiger partial charge is 0.234 e. The van der Waals surface area contributed by atoms with Crippen molar-refractivity contribution < 1.29 is 4.79 Å². The Morgan fingerprint density at radius 2 is 2.00 bits per heavy atom. The molecule has 1 amide bonds. The van der Waals surface area contributed by atoms with Gasteiger partial charge in [-0.25, -0.2) is 0 Å². The first-order chi connectivity index (χ1) is 10.1. The number of rotatable bonds is 6.